The maximum absolute atomic E-state index is 12.6. The lowest BCUT2D eigenvalue weighted by atomic mass is 10.2. The minimum Gasteiger partial charge on any atom is -0.351 e. The molecule has 0 bridgehead atoms. The van der Waals surface area contributed by atoms with E-state index in [4.69, 9.17) is 11.6 Å². The molecule has 0 radical (unpaired) electrons. The number of halogens is 4. The van der Waals surface area contributed by atoms with Crippen LogP contribution >= 0.6 is 22.9 Å². The molecular weight excluding hydrogens is 413 g/mol. The van der Waals surface area contributed by atoms with E-state index in [-0.39, 0.29) is 22.0 Å². The topological polar surface area (TPSA) is 72.2 Å². The summed E-state index contributed by atoms with van der Waals surface area (Å²) in [7, 11) is -3.85. The Morgan fingerprint density at radius 1 is 1.23 bits per heavy atom. The fourth-order valence-electron chi connectivity index (χ4n) is 2.02. The van der Waals surface area contributed by atoms with Crippen molar-refractivity contribution in [2.24, 2.45) is 0 Å². The molecule has 2 heterocycles. The lowest BCUT2D eigenvalue weighted by Gasteiger charge is -2.06. The lowest BCUT2D eigenvalue weighted by molar-refractivity contribution is -0.155. The summed E-state index contributed by atoms with van der Waals surface area (Å²) in [4.78, 5) is 0. The average Bonchev–Trinajstić information content (AvgIpc) is 3.23. The van der Waals surface area contributed by atoms with E-state index in [1.54, 1.807) is 24.3 Å². The molecule has 0 aliphatic rings. The van der Waals surface area contributed by atoms with Crippen LogP contribution in [0.4, 0.5) is 13.2 Å². The normalized spacial score (nSPS) is 12.5. The van der Waals surface area contributed by atoms with Crippen molar-refractivity contribution in [2.75, 3.05) is 0 Å². The molecule has 11 heteroatoms. The molecule has 5 nitrogen and oxygen atoms in total. The first kappa shape index (κ1) is 18.9. The van der Waals surface area contributed by atoms with E-state index in [9.17, 15) is 21.6 Å². The van der Waals surface area contributed by atoms with Crippen molar-refractivity contribution in [3.05, 3.63) is 58.1 Å². The van der Waals surface area contributed by atoms with Crippen LogP contribution in [0.25, 0.3) is 11.3 Å². The van der Waals surface area contributed by atoms with Gasteiger partial charge in [0.15, 0.2) is 0 Å². The largest absolute Gasteiger partial charge is 0.452 e. The molecule has 138 valence electrons. The summed E-state index contributed by atoms with van der Waals surface area (Å²) in [6.07, 6.45) is -4.66. The highest BCUT2D eigenvalue weighted by molar-refractivity contribution is 7.91. The van der Waals surface area contributed by atoms with E-state index in [0.717, 1.165) is 17.4 Å². The Kier molecular flexibility index (Phi) is 5.11. The smallest absolute Gasteiger partial charge is 0.351 e. The Labute approximate surface area is 155 Å². The highest BCUT2D eigenvalue weighted by Gasteiger charge is 2.36. The van der Waals surface area contributed by atoms with Crippen molar-refractivity contribution in [2.45, 2.75) is 16.9 Å². The van der Waals surface area contributed by atoms with Crippen molar-refractivity contribution in [3.63, 3.8) is 0 Å². The maximum atomic E-state index is 12.6. The number of hydrogen-bond acceptors (Lipinski definition) is 5. The van der Waals surface area contributed by atoms with Gasteiger partial charge in [0.05, 0.1) is 0 Å². The number of rotatable bonds is 5. The van der Waals surface area contributed by atoms with Crippen LogP contribution in [0, 0.1) is 0 Å². The van der Waals surface area contributed by atoms with Gasteiger partial charge in [-0.05, 0) is 17.7 Å². The first-order chi connectivity index (χ1) is 12.2. The van der Waals surface area contributed by atoms with Gasteiger partial charge < -0.3 is 4.52 Å². The molecular formula is C15H10ClF3N2O3S2. The van der Waals surface area contributed by atoms with Crippen molar-refractivity contribution in [1.29, 1.82) is 0 Å². The molecule has 3 aromatic rings. The van der Waals surface area contributed by atoms with Crippen LogP contribution in [-0.2, 0) is 22.7 Å². The van der Waals surface area contributed by atoms with Crippen LogP contribution < -0.4 is 4.72 Å². The summed E-state index contributed by atoms with van der Waals surface area (Å²) in [6.45, 7) is -0.0164. The molecule has 0 unspecified atom stereocenters. The van der Waals surface area contributed by atoms with Gasteiger partial charge in [0.2, 0.25) is 15.8 Å². The highest BCUT2D eigenvalue weighted by atomic mass is 35.5. The van der Waals surface area contributed by atoms with Gasteiger partial charge in [0.25, 0.3) is 0 Å². The molecule has 1 N–H and O–H groups in total. The second kappa shape index (κ2) is 7.03. The van der Waals surface area contributed by atoms with E-state index < -0.39 is 22.0 Å². The van der Waals surface area contributed by atoms with Crippen LogP contribution in [0.5, 0.6) is 0 Å². The zero-order valence-electron chi connectivity index (χ0n) is 12.7. The number of sulfonamides is 1. The van der Waals surface area contributed by atoms with Crippen molar-refractivity contribution >= 4 is 33.0 Å². The second-order valence-corrected chi connectivity index (χ2v) is 8.46. The predicted octanol–water partition coefficient (Wildman–Crippen LogP) is 4.55. The lowest BCUT2D eigenvalue weighted by Crippen LogP contribution is -2.22. The van der Waals surface area contributed by atoms with Gasteiger partial charge in [-0.1, -0.05) is 35.0 Å². The van der Waals surface area contributed by atoms with Crippen molar-refractivity contribution < 1.29 is 26.1 Å². The van der Waals surface area contributed by atoms with Gasteiger partial charge in [0.1, 0.15) is 9.90 Å². The van der Waals surface area contributed by atoms with Crippen LogP contribution in [0.1, 0.15) is 11.3 Å². The molecule has 1 aromatic carbocycles. The molecule has 0 amide bonds. The molecule has 0 saturated heterocycles. The van der Waals surface area contributed by atoms with E-state index in [1.807, 2.05) is 0 Å². The Hall–Kier alpha value is -1.88. The zero-order valence-corrected chi connectivity index (χ0v) is 15.1. The van der Waals surface area contributed by atoms with Crippen molar-refractivity contribution in [1.82, 2.24) is 9.88 Å². The predicted molar refractivity (Wildman–Crippen MR) is 90.3 cm³/mol. The number of nitrogens with zero attached hydrogens (tertiary/aromatic N) is 1. The van der Waals surface area contributed by atoms with Gasteiger partial charge in [-0.2, -0.15) is 13.2 Å². The molecule has 0 spiro atoms. The summed E-state index contributed by atoms with van der Waals surface area (Å²) in [5, 5.41) is 5.14. The van der Waals surface area contributed by atoms with Crippen LogP contribution in [0.3, 0.4) is 0 Å². The first-order valence-electron chi connectivity index (χ1n) is 7.03. The fraction of sp³-hybridized carbons (Fsp3) is 0.133. The van der Waals surface area contributed by atoms with Crippen molar-refractivity contribution in [3.8, 4) is 11.3 Å². The maximum Gasteiger partial charge on any atom is 0.452 e. The number of thiophene rings is 1. The van der Waals surface area contributed by atoms with E-state index in [1.165, 1.54) is 11.4 Å². The summed E-state index contributed by atoms with van der Waals surface area (Å²) >= 11 is 6.84. The minimum atomic E-state index is -4.66. The summed E-state index contributed by atoms with van der Waals surface area (Å²) in [5.41, 5.74) is 0.717. The molecule has 26 heavy (non-hydrogen) atoms. The Morgan fingerprint density at radius 3 is 2.62 bits per heavy atom. The third kappa shape index (κ3) is 4.09. The molecule has 2 aromatic heterocycles. The Bertz CT molecular complexity index is 1030. The standard InChI is InChI=1S/C15H10ClF3N2O3S2/c16-11-4-2-1-3-9(11)7-20-26(22,23)14-5-10(8-25-14)12-6-13(24-21-12)15(17,18)19/h1-6,8,20H,7H2. The third-order valence-electron chi connectivity index (χ3n) is 3.34. The molecule has 3 rings (SSSR count). The number of aromatic nitrogens is 1. The van der Waals surface area contributed by atoms with Crippen LogP contribution in [0.15, 0.2) is 50.5 Å². The number of alkyl halides is 3. The van der Waals surface area contributed by atoms with Gasteiger partial charge in [-0.15, -0.1) is 11.3 Å². The Morgan fingerprint density at radius 2 is 1.96 bits per heavy atom. The first-order valence-corrected chi connectivity index (χ1v) is 9.77. The SMILES string of the molecule is O=S(=O)(NCc1ccccc1Cl)c1cc(-c2cc(C(F)(F)F)on2)cs1. The molecule has 0 atom stereocenters. The van der Waals surface area contributed by atoms with Gasteiger partial charge >= 0.3 is 6.18 Å². The third-order valence-corrected chi connectivity index (χ3v) is 6.55. The van der Waals surface area contributed by atoms with E-state index >= 15 is 0 Å². The molecule has 0 fully saturated rings. The second-order valence-electron chi connectivity index (χ2n) is 5.14. The van der Waals surface area contributed by atoms with E-state index in [2.05, 4.69) is 14.4 Å². The van der Waals surface area contributed by atoms with E-state index in [0.29, 0.717) is 10.6 Å². The number of benzene rings is 1. The number of nitrogens with one attached hydrogen (secondary N) is 1. The van der Waals surface area contributed by atoms with Crippen LogP contribution in [-0.4, -0.2) is 13.6 Å². The van der Waals surface area contributed by atoms with Gasteiger partial charge in [-0.3, -0.25) is 0 Å². The summed E-state index contributed by atoms with van der Waals surface area (Å²) in [5.74, 6) is -1.25. The van der Waals surface area contributed by atoms with Gasteiger partial charge in [-0.25, -0.2) is 13.1 Å². The van der Waals surface area contributed by atoms with Crippen LogP contribution in [0.2, 0.25) is 5.02 Å². The summed E-state index contributed by atoms with van der Waals surface area (Å²) < 4.78 is 69.0. The Balaban J connectivity index is 1.78. The quantitative estimate of drug-likeness (QED) is 0.654. The fourth-order valence-corrected chi connectivity index (χ4v) is 4.45. The minimum absolute atomic E-state index is 0.0164. The van der Waals surface area contributed by atoms with Gasteiger partial charge in [0, 0.05) is 28.6 Å². The monoisotopic (exact) mass is 422 g/mol. The average molecular weight is 423 g/mol. The molecule has 0 saturated carbocycles. The molecule has 0 aliphatic heterocycles. The number of hydrogen-bond donors (Lipinski definition) is 1. The summed E-state index contributed by atoms with van der Waals surface area (Å²) in [6, 6.07) is 8.71. The highest BCUT2D eigenvalue weighted by Crippen LogP contribution is 2.34. The zero-order chi connectivity index (χ0) is 18.9. The molecule has 0 aliphatic carbocycles.